The Hall–Kier alpha value is -0.380. The van der Waals surface area contributed by atoms with Crippen LogP contribution in [0, 0.1) is 5.92 Å². The molecule has 0 radical (unpaired) electrons. The van der Waals surface area contributed by atoms with E-state index in [1.165, 1.54) is 48.6 Å². The number of nitrogens with two attached hydrogens (primary N) is 1. The molecule has 1 atom stereocenters. The third-order valence-electron chi connectivity index (χ3n) is 4.08. The lowest BCUT2D eigenvalue weighted by molar-refractivity contribution is 0.320. The highest BCUT2D eigenvalue weighted by Gasteiger charge is 2.22. The molecule has 1 aliphatic carbocycles. The second-order valence-electron chi connectivity index (χ2n) is 5.32. The van der Waals surface area contributed by atoms with Crippen LogP contribution in [0.3, 0.4) is 0 Å². The lowest BCUT2D eigenvalue weighted by atomic mass is 9.88. The highest BCUT2D eigenvalue weighted by atomic mass is 79.9. The Labute approximate surface area is 118 Å². The van der Waals surface area contributed by atoms with Crippen LogP contribution in [0.15, 0.2) is 28.7 Å². The van der Waals surface area contributed by atoms with Crippen LogP contribution >= 0.6 is 15.9 Å². The molecule has 1 unspecified atom stereocenters. The molecule has 3 heteroatoms. The largest absolute Gasteiger partial charge is 0.271 e. The summed E-state index contributed by atoms with van der Waals surface area (Å²) in [6.45, 7) is 0. The number of benzene rings is 1. The van der Waals surface area contributed by atoms with Crippen molar-refractivity contribution in [2.24, 2.45) is 11.8 Å². The Morgan fingerprint density at radius 2 is 1.83 bits per heavy atom. The summed E-state index contributed by atoms with van der Waals surface area (Å²) in [6, 6.07) is 8.85. The molecule has 1 aromatic rings. The van der Waals surface area contributed by atoms with E-state index < -0.39 is 0 Å². The van der Waals surface area contributed by atoms with E-state index in [9.17, 15) is 0 Å². The molecule has 0 saturated heterocycles. The first-order valence-corrected chi connectivity index (χ1v) is 7.80. The fourth-order valence-corrected chi connectivity index (χ4v) is 3.42. The monoisotopic (exact) mass is 310 g/mol. The molecule has 0 aromatic heterocycles. The minimum Gasteiger partial charge on any atom is -0.271 e. The first-order valence-electron chi connectivity index (χ1n) is 7.01. The molecule has 1 saturated carbocycles. The summed E-state index contributed by atoms with van der Waals surface area (Å²) in [5, 5.41) is 0. The number of hydrazine groups is 1. The van der Waals surface area contributed by atoms with Crippen molar-refractivity contribution in [3.05, 3.63) is 34.3 Å². The molecule has 18 heavy (non-hydrogen) atoms. The summed E-state index contributed by atoms with van der Waals surface area (Å²) in [7, 11) is 0. The molecule has 0 bridgehead atoms. The van der Waals surface area contributed by atoms with Gasteiger partial charge in [0, 0.05) is 10.5 Å². The SMILES string of the molecule is NNC(Cc1ccccc1Br)C1CCCCCC1. The quantitative estimate of drug-likeness (QED) is 0.504. The van der Waals surface area contributed by atoms with E-state index in [-0.39, 0.29) is 0 Å². The van der Waals surface area contributed by atoms with Crippen molar-refractivity contribution in [1.29, 1.82) is 0 Å². The van der Waals surface area contributed by atoms with Gasteiger partial charge in [-0.05, 0) is 36.8 Å². The maximum absolute atomic E-state index is 5.79. The fourth-order valence-electron chi connectivity index (χ4n) is 2.98. The van der Waals surface area contributed by atoms with E-state index in [2.05, 4.69) is 45.6 Å². The zero-order chi connectivity index (χ0) is 12.8. The topological polar surface area (TPSA) is 38.0 Å². The van der Waals surface area contributed by atoms with Crippen LogP contribution in [0.25, 0.3) is 0 Å². The first kappa shape index (κ1) is 14.0. The number of hydrogen-bond donors (Lipinski definition) is 2. The van der Waals surface area contributed by atoms with Gasteiger partial charge in [-0.3, -0.25) is 11.3 Å². The maximum Gasteiger partial charge on any atom is 0.0279 e. The fraction of sp³-hybridized carbons (Fsp3) is 0.600. The van der Waals surface area contributed by atoms with E-state index in [0.717, 1.165) is 12.3 Å². The second-order valence-corrected chi connectivity index (χ2v) is 6.17. The summed E-state index contributed by atoms with van der Waals surface area (Å²) in [5.74, 6) is 6.51. The second kappa shape index (κ2) is 7.27. The van der Waals surface area contributed by atoms with Gasteiger partial charge in [0.15, 0.2) is 0 Å². The highest BCUT2D eigenvalue weighted by Crippen LogP contribution is 2.28. The van der Waals surface area contributed by atoms with Gasteiger partial charge in [-0.25, -0.2) is 0 Å². The lowest BCUT2D eigenvalue weighted by Crippen LogP contribution is -2.42. The van der Waals surface area contributed by atoms with Crippen molar-refractivity contribution >= 4 is 15.9 Å². The van der Waals surface area contributed by atoms with Crippen LogP contribution in [0.5, 0.6) is 0 Å². The van der Waals surface area contributed by atoms with Crippen molar-refractivity contribution in [2.75, 3.05) is 0 Å². The van der Waals surface area contributed by atoms with Crippen molar-refractivity contribution in [3.63, 3.8) is 0 Å². The molecule has 1 fully saturated rings. The Morgan fingerprint density at radius 3 is 2.44 bits per heavy atom. The molecule has 100 valence electrons. The predicted molar refractivity (Wildman–Crippen MR) is 80.1 cm³/mol. The number of hydrogen-bond acceptors (Lipinski definition) is 2. The van der Waals surface area contributed by atoms with E-state index in [1.54, 1.807) is 0 Å². The van der Waals surface area contributed by atoms with Gasteiger partial charge in [-0.1, -0.05) is 59.8 Å². The summed E-state index contributed by atoms with van der Waals surface area (Å²) < 4.78 is 1.19. The number of rotatable bonds is 4. The maximum atomic E-state index is 5.79. The highest BCUT2D eigenvalue weighted by molar-refractivity contribution is 9.10. The molecule has 1 aliphatic rings. The predicted octanol–water partition coefficient (Wildman–Crippen LogP) is 3.79. The van der Waals surface area contributed by atoms with Gasteiger partial charge in [0.1, 0.15) is 0 Å². The van der Waals surface area contributed by atoms with Gasteiger partial charge in [0.05, 0.1) is 0 Å². The van der Waals surface area contributed by atoms with E-state index in [1.807, 2.05) is 0 Å². The Kier molecular flexibility index (Phi) is 5.67. The van der Waals surface area contributed by atoms with Crippen LogP contribution in [0.4, 0.5) is 0 Å². The van der Waals surface area contributed by atoms with Crippen molar-refractivity contribution in [3.8, 4) is 0 Å². The smallest absolute Gasteiger partial charge is 0.0279 e. The molecule has 0 spiro atoms. The molecule has 2 rings (SSSR count). The van der Waals surface area contributed by atoms with Gasteiger partial charge in [0.25, 0.3) is 0 Å². The lowest BCUT2D eigenvalue weighted by Gasteiger charge is -2.26. The average molecular weight is 311 g/mol. The molecule has 0 aliphatic heterocycles. The Bertz CT molecular complexity index is 359. The third-order valence-corrected chi connectivity index (χ3v) is 4.85. The van der Waals surface area contributed by atoms with Gasteiger partial charge >= 0.3 is 0 Å². The number of nitrogens with one attached hydrogen (secondary N) is 1. The summed E-state index contributed by atoms with van der Waals surface area (Å²) in [6.07, 6.45) is 9.16. The van der Waals surface area contributed by atoms with Crippen molar-refractivity contribution < 1.29 is 0 Å². The van der Waals surface area contributed by atoms with E-state index in [4.69, 9.17) is 5.84 Å². The third kappa shape index (κ3) is 3.81. The first-order chi connectivity index (χ1) is 8.81. The van der Waals surface area contributed by atoms with Gasteiger partial charge in [-0.15, -0.1) is 0 Å². The minimum atomic E-state index is 0.404. The van der Waals surface area contributed by atoms with Gasteiger partial charge < -0.3 is 0 Å². The zero-order valence-corrected chi connectivity index (χ0v) is 12.5. The molecular weight excluding hydrogens is 288 g/mol. The van der Waals surface area contributed by atoms with Crippen molar-refractivity contribution in [2.45, 2.75) is 51.0 Å². The standard InChI is InChI=1S/C15H23BrN2/c16-14-10-6-5-9-13(14)11-15(18-17)12-7-3-1-2-4-8-12/h5-6,9-10,12,15,18H,1-4,7-8,11,17H2. The van der Waals surface area contributed by atoms with Gasteiger partial charge in [0.2, 0.25) is 0 Å². The molecule has 3 N–H and O–H groups in total. The average Bonchev–Trinajstić information content (AvgIpc) is 2.67. The molecule has 1 aromatic carbocycles. The zero-order valence-electron chi connectivity index (χ0n) is 10.9. The molecular formula is C15H23BrN2. The summed E-state index contributed by atoms with van der Waals surface area (Å²) >= 11 is 3.62. The minimum absolute atomic E-state index is 0.404. The molecule has 0 heterocycles. The van der Waals surface area contributed by atoms with Crippen LogP contribution < -0.4 is 11.3 Å². The summed E-state index contributed by atoms with van der Waals surface area (Å²) in [5.41, 5.74) is 4.41. The van der Waals surface area contributed by atoms with E-state index in [0.29, 0.717) is 6.04 Å². The van der Waals surface area contributed by atoms with Crippen LogP contribution in [0.1, 0.15) is 44.1 Å². The summed E-state index contributed by atoms with van der Waals surface area (Å²) in [4.78, 5) is 0. The Morgan fingerprint density at radius 1 is 1.17 bits per heavy atom. The van der Waals surface area contributed by atoms with Crippen LogP contribution in [-0.2, 0) is 6.42 Å². The number of halogens is 1. The normalized spacial score (nSPS) is 19.4. The molecule has 0 amide bonds. The Balaban J connectivity index is 2.02. The van der Waals surface area contributed by atoms with Gasteiger partial charge in [-0.2, -0.15) is 0 Å². The van der Waals surface area contributed by atoms with E-state index >= 15 is 0 Å². The van der Waals surface area contributed by atoms with Crippen molar-refractivity contribution in [1.82, 2.24) is 5.43 Å². The van der Waals surface area contributed by atoms with Crippen LogP contribution in [-0.4, -0.2) is 6.04 Å². The molecule has 2 nitrogen and oxygen atoms in total. The van der Waals surface area contributed by atoms with Crippen LogP contribution in [0.2, 0.25) is 0 Å².